The Labute approximate surface area is 96.6 Å². The van der Waals surface area contributed by atoms with Crippen molar-refractivity contribution in [2.75, 3.05) is 7.11 Å². The van der Waals surface area contributed by atoms with Gasteiger partial charge < -0.3 is 10.5 Å². The van der Waals surface area contributed by atoms with Crippen LogP contribution in [0.2, 0.25) is 0 Å². The molecule has 0 saturated heterocycles. The van der Waals surface area contributed by atoms with Crippen molar-refractivity contribution >= 4 is 0 Å². The molecular formula is C13H20FNO. The topological polar surface area (TPSA) is 35.2 Å². The first-order valence-electron chi connectivity index (χ1n) is 5.62. The van der Waals surface area contributed by atoms with E-state index in [1.807, 2.05) is 6.07 Å². The first kappa shape index (κ1) is 13.0. The van der Waals surface area contributed by atoms with Crippen molar-refractivity contribution in [3.8, 4) is 5.75 Å². The number of ether oxygens (including phenoxy) is 1. The van der Waals surface area contributed by atoms with Gasteiger partial charge in [0.05, 0.1) is 7.11 Å². The highest BCUT2D eigenvalue weighted by Gasteiger charge is 2.09. The number of halogens is 1. The van der Waals surface area contributed by atoms with E-state index in [4.69, 9.17) is 10.5 Å². The van der Waals surface area contributed by atoms with Crippen molar-refractivity contribution in [3.05, 3.63) is 29.6 Å². The maximum absolute atomic E-state index is 13.4. The molecule has 1 atom stereocenters. The molecule has 0 aliphatic rings. The average molecular weight is 225 g/mol. The molecule has 0 bridgehead atoms. The van der Waals surface area contributed by atoms with E-state index in [1.54, 1.807) is 6.07 Å². The summed E-state index contributed by atoms with van der Waals surface area (Å²) < 4.78 is 18.2. The monoisotopic (exact) mass is 225 g/mol. The molecule has 0 aliphatic heterocycles. The van der Waals surface area contributed by atoms with E-state index >= 15 is 0 Å². The van der Waals surface area contributed by atoms with Crippen LogP contribution < -0.4 is 10.5 Å². The van der Waals surface area contributed by atoms with Crippen molar-refractivity contribution in [3.63, 3.8) is 0 Å². The van der Waals surface area contributed by atoms with Gasteiger partial charge in [-0.05, 0) is 36.5 Å². The van der Waals surface area contributed by atoms with Crippen LogP contribution in [0.25, 0.3) is 0 Å². The Kier molecular flexibility index (Phi) is 4.74. The van der Waals surface area contributed by atoms with Gasteiger partial charge in [-0.1, -0.05) is 19.9 Å². The normalized spacial score (nSPS) is 12.9. The lowest BCUT2D eigenvalue weighted by atomic mass is 9.97. The summed E-state index contributed by atoms with van der Waals surface area (Å²) in [5, 5.41) is 0. The van der Waals surface area contributed by atoms with Crippen molar-refractivity contribution in [1.82, 2.24) is 0 Å². The number of nitrogens with two attached hydrogens (primary N) is 1. The Morgan fingerprint density at radius 2 is 2.06 bits per heavy atom. The van der Waals surface area contributed by atoms with Gasteiger partial charge in [0.15, 0.2) is 11.6 Å². The van der Waals surface area contributed by atoms with E-state index in [9.17, 15) is 4.39 Å². The molecule has 1 aromatic rings. The number of hydrogen-bond donors (Lipinski definition) is 1. The lowest BCUT2D eigenvalue weighted by Crippen LogP contribution is -2.26. The molecule has 1 rings (SSSR count). The fraction of sp³-hybridized carbons (Fsp3) is 0.538. The number of aryl methyl sites for hydroxylation is 1. The van der Waals surface area contributed by atoms with Crippen LogP contribution in [0.1, 0.15) is 25.8 Å². The van der Waals surface area contributed by atoms with Crippen LogP contribution in [-0.2, 0) is 6.42 Å². The predicted molar refractivity (Wildman–Crippen MR) is 64.1 cm³/mol. The molecule has 0 fully saturated rings. The second-order valence-corrected chi connectivity index (χ2v) is 4.42. The van der Waals surface area contributed by atoms with Gasteiger partial charge in [0.2, 0.25) is 0 Å². The van der Waals surface area contributed by atoms with Crippen LogP contribution in [0.15, 0.2) is 18.2 Å². The van der Waals surface area contributed by atoms with Crippen LogP contribution in [0.4, 0.5) is 4.39 Å². The van der Waals surface area contributed by atoms with E-state index in [2.05, 4.69) is 13.8 Å². The molecule has 1 aromatic carbocycles. The first-order chi connectivity index (χ1) is 7.54. The summed E-state index contributed by atoms with van der Waals surface area (Å²) in [7, 11) is 1.47. The second kappa shape index (κ2) is 5.85. The molecule has 16 heavy (non-hydrogen) atoms. The number of rotatable bonds is 5. The average Bonchev–Trinajstić information content (AvgIpc) is 2.25. The molecule has 3 heteroatoms. The Bertz CT molecular complexity index is 339. The number of benzene rings is 1. The highest BCUT2D eigenvalue weighted by molar-refractivity contribution is 5.29. The molecule has 0 aliphatic carbocycles. The summed E-state index contributed by atoms with van der Waals surface area (Å²) in [6, 6.07) is 5.23. The minimum absolute atomic E-state index is 0.171. The molecule has 0 saturated carbocycles. The fourth-order valence-corrected chi connectivity index (χ4v) is 1.53. The maximum Gasteiger partial charge on any atom is 0.165 e. The van der Waals surface area contributed by atoms with Crippen LogP contribution in [-0.4, -0.2) is 13.2 Å². The Morgan fingerprint density at radius 3 is 2.56 bits per heavy atom. The molecule has 0 radical (unpaired) electrons. The molecule has 0 aromatic heterocycles. The zero-order chi connectivity index (χ0) is 12.1. The van der Waals surface area contributed by atoms with E-state index in [0.717, 1.165) is 18.4 Å². The molecule has 90 valence electrons. The Balaban J connectivity index is 2.58. The summed E-state index contributed by atoms with van der Waals surface area (Å²) >= 11 is 0. The summed E-state index contributed by atoms with van der Waals surface area (Å²) in [6.45, 7) is 4.19. The molecule has 0 spiro atoms. The third-order valence-electron chi connectivity index (χ3n) is 2.84. The van der Waals surface area contributed by atoms with Gasteiger partial charge in [0.1, 0.15) is 0 Å². The summed E-state index contributed by atoms with van der Waals surface area (Å²) in [5.74, 6) is 0.443. The summed E-state index contributed by atoms with van der Waals surface area (Å²) in [6.07, 6.45) is 1.68. The zero-order valence-corrected chi connectivity index (χ0v) is 10.2. The lowest BCUT2D eigenvalue weighted by molar-refractivity contribution is 0.386. The van der Waals surface area contributed by atoms with Crippen LogP contribution >= 0.6 is 0 Å². The van der Waals surface area contributed by atoms with E-state index in [-0.39, 0.29) is 17.6 Å². The summed E-state index contributed by atoms with van der Waals surface area (Å²) in [4.78, 5) is 0. The van der Waals surface area contributed by atoms with E-state index < -0.39 is 0 Å². The smallest absolute Gasteiger partial charge is 0.165 e. The predicted octanol–water partition coefficient (Wildman–Crippen LogP) is 2.75. The van der Waals surface area contributed by atoms with Gasteiger partial charge in [0, 0.05) is 6.04 Å². The van der Waals surface area contributed by atoms with Crippen LogP contribution in [0, 0.1) is 11.7 Å². The van der Waals surface area contributed by atoms with E-state index in [1.165, 1.54) is 13.2 Å². The van der Waals surface area contributed by atoms with Crippen molar-refractivity contribution < 1.29 is 9.13 Å². The molecule has 0 amide bonds. The Hall–Kier alpha value is -1.09. The molecular weight excluding hydrogens is 205 g/mol. The van der Waals surface area contributed by atoms with Gasteiger partial charge >= 0.3 is 0 Å². The SMILES string of the molecule is COc1ccc(CCC(N)C(C)C)cc1F. The van der Waals surface area contributed by atoms with Gasteiger partial charge in [0.25, 0.3) is 0 Å². The van der Waals surface area contributed by atoms with Gasteiger partial charge in [-0.3, -0.25) is 0 Å². The first-order valence-corrected chi connectivity index (χ1v) is 5.62. The minimum Gasteiger partial charge on any atom is -0.494 e. The second-order valence-electron chi connectivity index (χ2n) is 4.42. The Morgan fingerprint density at radius 1 is 1.38 bits per heavy atom. The number of methoxy groups -OCH3 is 1. The third-order valence-corrected chi connectivity index (χ3v) is 2.84. The zero-order valence-electron chi connectivity index (χ0n) is 10.2. The van der Waals surface area contributed by atoms with Crippen molar-refractivity contribution in [2.45, 2.75) is 32.7 Å². The quantitative estimate of drug-likeness (QED) is 0.836. The maximum atomic E-state index is 13.4. The van der Waals surface area contributed by atoms with Gasteiger partial charge in [-0.15, -0.1) is 0 Å². The molecule has 2 nitrogen and oxygen atoms in total. The molecule has 1 unspecified atom stereocenters. The molecule has 2 N–H and O–H groups in total. The largest absolute Gasteiger partial charge is 0.494 e. The highest BCUT2D eigenvalue weighted by Crippen LogP contribution is 2.19. The van der Waals surface area contributed by atoms with Gasteiger partial charge in [-0.25, -0.2) is 4.39 Å². The lowest BCUT2D eigenvalue weighted by Gasteiger charge is -2.15. The highest BCUT2D eigenvalue weighted by atomic mass is 19.1. The third kappa shape index (κ3) is 3.49. The fourth-order valence-electron chi connectivity index (χ4n) is 1.53. The summed E-state index contributed by atoms with van der Waals surface area (Å²) in [5.41, 5.74) is 6.91. The number of hydrogen-bond acceptors (Lipinski definition) is 2. The van der Waals surface area contributed by atoms with Gasteiger partial charge in [-0.2, -0.15) is 0 Å². The van der Waals surface area contributed by atoms with Crippen LogP contribution in [0.5, 0.6) is 5.75 Å². The van der Waals surface area contributed by atoms with Crippen LogP contribution in [0.3, 0.4) is 0 Å². The molecule has 0 heterocycles. The standard InChI is InChI=1S/C13H20FNO/c1-9(2)12(15)6-4-10-5-7-13(16-3)11(14)8-10/h5,7-9,12H,4,6,15H2,1-3H3. The van der Waals surface area contributed by atoms with Crippen molar-refractivity contribution in [2.24, 2.45) is 11.7 Å². The van der Waals surface area contributed by atoms with E-state index in [0.29, 0.717) is 5.92 Å². The minimum atomic E-state index is -0.307. The van der Waals surface area contributed by atoms with Crippen molar-refractivity contribution in [1.29, 1.82) is 0 Å².